The Bertz CT molecular complexity index is 1390. The molecule has 0 saturated heterocycles. The molecule has 1 amide bonds. The second-order valence-corrected chi connectivity index (χ2v) is 11.7. The maximum absolute atomic E-state index is 13.8. The first kappa shape index (κ1) is 34.3. The Kier molecular flexibility index (Phi) is 11.7. The van der Waals surface area contributed by atoms with E-state index < -0.39 is 24.0 Å². The van der Waals surface area contributed by atoms with Gasteiger partial charge in [-0.15, -0.1) is 0 Å². The Morgan fingerprint density at radius 2 is 1.89 bits per heavy atom. The molecular formula is C32H44FN5O6. The first-order valence-electron chi connectivity index (χ1n) is 14.9. The quantitative estimate of drug-likeness (QED) is 0.183. The number of nitrogens with one attached hydrogen (secondary N) is 2. The molecule has 2 aromatic rings. The molecule has 0 unspecified atom stereocenters. The van der Waals surface area contributed by atoms with Crippen molar-refractivity contribution in [3.05, 3.63) is 46.3 Å². The van der Waals surface area contributed by atoms with E-state index in [0.29, 0.717) is 60.1 Å². The van der Waals surface area contributed by atoms with E-state index in [4.69, 9.17) is 20.0 Å². The van der Waals surface area contributed by atoms with E-state index in [9.17, 15) is 18.8 Å². The number of alkyl halides is 1. The van der Waals surface area contributed by atoms with E-state index in [-0.39, 0.29) is 49.9 Å². The van der Waals surface area contributed by atoms with E-state index in [2.05, 4.69) is 10.3 Å². The highest BCUT2D eigenvalue weighted by molar-refractivity contribution is 6.06. The molecule has 240 valence electrons. The number of amidine groups is 1. The lowest BCUT2D eigenvalue weighted by Gasteiger charge is -2.30. The molecule has 0 spiro atoms. The number of carbonyl (C=O) groups excluding carboxylic acids is 2. The second-order valence-electron chi connectivity index (χ2n) is 11.7. The number of carboxylic acid groups (broad SMARTS) is 1. The van der Waals surface area contributed by atoms with Gasteiger partial charge >= 0.3 is 5.97 Å². The maximum atomic E-state index is 13.8. The van der Waals surface area contributed by atoms with Crippen LogP contribution in [-0.2, 0) is 16.8 Å². The number of carboxylic acids is 1. The number of pyridine rings is 1. The van der Waals surface area contributed by atoms with Gasteiger partial charge in [0.2, 0.25) is 0 Å². The van der Waals surface area contributed by atoms with Crippen LogP contribution < -0.4 is 19.7 Å². The third kappa shape index (κ3) is 8.23. The summed E-state index contributed by atoms with van der Waals surface area (Å²) in [7, 11) is 1.80. The first-order chi connectivity index (χ1) is 20.8. The van der Waals surface area contributed by atoms with Gasteiger partial charge in [-0.25, -0.2) is 4.98 Å². The molecule has 3 rings (SSSR count). The fourth-order valence-corrected chi connectivity index (χ4v) is 4.95. The van der Waals surface area contributed by atoms with Gasteiger partial charge in [0.05, 0.1) is 32.1 Å². The monoisotopic (exact) mass is 613 g/mol. The predicted octanol–water partition coefficient (Wildman–Crippen LogP) is 4.59. The van der Waals surface area contributed by atoms with Gasteiger partial charge in [-0.1, -0.05) is 20.8 Å². The van der Waals surface area contributed by atoms with Crippen LogP contribution in [0, 0.1) is 5.41 Å². The minimum absolute atomic E-state index is 0.0374. The molecule has 1 aromatic heterocycles. The number of anilines is 1. The number of halogens is 1. The molecule has 0 fully saturated rings. The van der Waals surface area contributed by atoms with Crippen molar-refractivity contribution in [3.8, 4) is 11.5 Å². The number of hydrogen-bond acceptors (Lipinski definition) is 8. The summed E-state index contributed by atoms with van der Waals surface area (Å²) in [6.07, 6.45) is 0.562. The number of amides is 1. The van der Waals surface area contributed by atoms with Gasteiger partial charge in [-0.05, 0) is 50.3 Å². The van der Waals surface area contributed by atoms with Crippen molar-refractivity contribution in [1.82, 2.24) is 15.2 Å². The van der Waals surface area contributed by atoms with Crippen LogP contribution >= 0.6 is 0 Å². The zero-order valence-electron chi connectivity index (χ0n) is 26.5. The summed E-state index contributed by atoms with van der Waals surface area (Å²) in [6.45, 7) is 10.5. The van der Waals surface area contributed by atoms with Crippen LogP contribution in [0.15, 0.2) is 18.2 Å². The highest BCUT2D eigenvalue weighted by atomic mass is 19.1. The second kappa shape index (κ2) is 15.0. The number of aliphatic carboxylic acids is 1. The SMILES string of the molecule is CCNC(=O)c1nc2c(cc1OCC)CN(CC(=O)c1cc(N(C)CCCF)c(OCCCC(=O)O)c(C(C)(C)C)c1)C2=N. The summed E-state index contributed by atoms with van der Waals surface area (Å²) in [5.74, 6) is -0.646. The summed E-state index contributed by atoms with van der Waals surface area (Å²) in [5.41, 5.74) is 2.44. The summed E-state index contributed by atoms with van der Waals surface area (Å²) >= 11 is 0. The summed E-state index contributed by atoms with van der Waals surface area (Å²) in [4.78, 5) is 45.4. The highest BCUT2D eigenvalue weighted by Gasteiger charge is 2.32. The minimum Gasteiger partial charge on any atom is -0.491 e. The van der Waals surface area contributed by atoms with E-state index >= 15 is 0 Å². The fraction of sp³-hybridized carbons (Fsp3) is 0.531. The van der Waals surface area contributed by atoms with Crippen molar-refractivity contribution < 1.29 is 33.4 Å². The number of Topliss-reactive ketones (excluding diaryl/α,β-unsaturated/α-hetero) is 1. The van der Waals surface area contributed by atoms with Gasteiger partial charge in [-0.2, -0.15) is 0 Å². The molecule has 0 radical (unpaired) electrons. The smallest absolute Gasteiger partial charge is 0.303 e. The van der Waals surface area contributed by atoms with Crippen LogP contribution in [0.5, 0.6) is 11.5 Å². The topological polar surface area (TPSA) is 145 Å². The van der Waals surface area contributed by atoms with Gasteiger partial charge in [0.15, 0.2) is 17.2 Å². The van der Waals surface area contributed by atoms with Crippen LogP contribution in [0.2, 0.25) is 0 Å². The molecule has 0 bridgehead atoms. The zero-order chi connectivity index (χ0) is 32.6. The molecule has 44 heavy (non-hydrogen) atoms. The number of aromatic nitrogens is 1. The standard InChI is InChI=1S/C32H44FN5O6/c1-7-35-31(42)28-25(43-8-2)17-21-18-38(30(34)27(21)36-28)19-24(39)20-15-22(32(3,4)5)29(44-14-9-11-26(40)41)23(16-20)37(6)13-10-12-33/h15-17,34H,7-14,18-19H2,1-6H3,(H,35,42)(H,40,41). The Labute approximate surface area is 258 Å². The number of hydrogen-bond donors (Lipinski definition) is 3. The van der Waals surface area contributed by atoms with Gasteiger partial charge in [0.25, 0.3) is 5.91 Å². The number of fused-ring (bicyclic) bond motifs is 1. The van der Waals surface area contributed by atoms with Gasteiger partial charge in [0, 0.05) is 49.8 Å². The van der Waals surface area contributed by atoms with Crippen molar-refractivity contribution in [3.63, 3.8) is 0 Å². The van der Waals surface area contributed by atoms with E-state index in [1.54, 1.807) is 37.1 Å². The Morgan fingerprint density at radius 3 is 2.50 bits per heavy atom. The number of rotatable bonds is 16. The molecular weight excluding hydrogens is 569 g/mol. The Balaban J connectivity index is 1.96. The fourth-order valence-electron chi connectivity index (χ4n) is 4.95. The van der Waals surface area contributed by atoms with Crippen LogP contribution in [-0.4, -0.2) is 85.1 Å². The maximum Gasteiger partial charge on any atom is 0.303 e. The van der Waals surface area contributed by atoms with Crippen LogP contribution in [0.4, 0.5) is 10.1 Å². The lowest BCUT2D eigenvalue weighted by Crippen LogP contribution is -2.31. The molecule has 3 N–H and O–H groups in total. The van der Waals surface area contributed by atoms with E-state index in [0.717, 1.165) is 5.56 Å². The van der Waals surface area contributed by atoms with Crippen molar-refractivity contribution in [1.29, 1.82) is 5.41 Å². The van der Waals surface area contributed by atoms with Crippen LogP contribution in [0.25, 0.3) is 0 Å². The molecule has 0 aliphatic carbocycles. The molecule has 1 aliphatic heterocycles. The minimum atomic E-state index is -0.912. The van der Waals surface area contributed by atoms with Crippen LogP contribution in [0.1, 0.15) is 91.5 Å². The summed E-state index contributed by atoms with van der Waals surface area (Å²) in [6, 6.07) is 5.21. The summed E-state index contributed by atoms with van der Waals surface area (Å²) in [5, 5.41) is 20.5. The zero-order valence-corrected chi connectivity index (χ0v) is 26.5. The molecule has 1 aromatic carbocycles. The highest BCUT2D eigenvalue weighted by Crippen LogP contribution is 2.40. The number of benzene rings is 1. The normalized spacial score (nSPS) is 12.6. The summed E-state index contributed by atoms with van der Waals surface area (Å²) < 4.78 is 24.9. The van der Waals surface area contributed by atoms with E-state index in [1.807, 2.05) is 32.6 Å². The largest absolute Gasteiger partial charge is 0.491 e. The molecule has 2 heterocycles. The number of carbonyl (C=O) groups is 3. The average Bonchev–Trinajstić information content (AvgIpc) is 3.26. The van der Waals surface area contributed by atoms with Gasteiger partial charge < -0.3 is 29.7 Å². The van der Waals surface area contributed by atoms with Crippen molar-refractivity contribution in [2.45, 2.75) is 65.8 Å². The molecule has 12 heteroatoms. The van der Waals surface area contributed by atoms with Crippen LogP contribution in [0.3, 0.4) is 0 Å². The van der Waals surface area contributed by atoms with E-state index in [1.165, 1.54) is 0 Å². The average molecular weight is 614 g/mol. The van der Waals surface area contributed by atoms with Gasteiger partial charge in [0.1, 0.15) is 17.3 Å². The predicted molar refractivity (Wildman–Crippen MR) is 166 cm³/mol. The molecule has 0 atom stereocenters. The first-order valence-corrected chi connectivity index (χ1v) is 14.9. The van der Waals surface area contributed by atoms with Crippen molar-refractivity contribution in [2.24, 2.45) is 0 Å². The van der Waals surface area contributed by atoms with Crippen molar-refractivity contribution in [2.75, 3.05) is 51.5 Å². The number of ether oxygens (including phenoxy) is 2. The number of nitrogens with zero attached hydrogens (tertiary/aromatic N) is 3. The molecule has 11 nitrogen and oxygen atoms in total. The molecule has 0 saturated carbocycles. The number of ketones is 1. The molecule has 1 aliphatic rings. The third-order valence-electron chi connectivity index (χ3n) is 7.17. The van der Waals surface area contributed by atoms with Gasteiger partial charge in [-0.3, -0.25) is 24.2 Å². The Hall–Kier alpha value is -4.22. The third-order valence-corrected chi connectivity index (χ3v) is 7.17. The lowest BCUT2D eigenvalue weighted by molar-refractivity contribution is -0.137. The lowest BCUT2D eigenvalue weighted by atomic mass is 9.84. The van der Waals surface area contributed by atoms with Crippen molar-refractivity contribution >= 4 is 29.2 Å². The Morgan fingerprint density at radius 1 is 1.16 bits per heavy atom.